The van der Waals surface area contributed by atoms with Crippen LogP contribution < -0.4 is 5.32 Å². The predicted octanol–water partition coefficient (Wildman–Crippen LogP) is 1.34. The van der Waals surface area contributed by atoms with E-state index < -0.39 is 0 Å². The van der Waals surface area contributed by atoms with Gasteiger partial charge in [-0.15, -0.1) is 0 Å². The standard InChI is InChI=1S/C14H23N3O3S/c1-17-11(8-16-14(17)21-2)7-15-13(18)10-19-9-12-5-3-4-6-20-12/h8,12H,3-7,9-10H2,1-2H3,(H,15,18)/t12-/m0/s1. The van der Waals surface area contributed by atoms with Gasteiger partial charge in [-0.25, -0.2) is 4.98 Å². The Bertz CT molecular complexity index is 458. The van der Waals surface area contributed by atoms with Gasteiger partial charge in [0.2, 0.25) is 5.91 Å². The summed E-state index contributed by atoms with van der Waals surface area (Å²) in [4.78, 5) is 16.0. The maximum atomic E-state index is 11.7. The Morgan fingerprint density at radius 1 is 1.62 bits per heavy atom. The van der Waals surface area contributed by atoms with Crippen LogP contribution in [0.25, 0.3) is 0 Å². The van der Waals surface area contributed by atoms with Gasteiger partial charge >= 0.3 is 0 Å². The quantitative estimate of drug-likeness (QED) is 0.770. The first-order valence-electron chi connectivity index (χ1n) is 7.21. The summed E-state index contributed by atoms with van der Waals surface area (Å²) in [6.45, 7) is 1.84. The third kappa shape index (κ3) is 5.01. The van der Waals surface area contributed by atoms with Crippen LogP contribution in [0.5, 0.6) is 0 Å². The molecule has 0 aliphatic carbocycles. The second-order valence-electron chi connectivity index (χ2n) is 5.08. The molecule has 0 spiro atoms. The number of thioether (sulfide) groups is 1. The first-order valence-corrected chi connectivity index (χ1v) is 8.44. The second-order valence-corrected chi connectivity index (χ2v) is 5.85. The highest BCUT2D eigenvalue weighted by Crippen LogP contribution is 2.13. The Balaban J connectivity index is 1.63. The molecule has 2 rings (SSSR count). The SMILES string of the molecule is CSc1ncc(CNC(=O)COC[C@@H]2CCCCO2)n1C. The summed E-state index contributed by atoms with van der Waals surface area (Å²) in [6.07, 6.45) is 7.23. The number of nitrogens with one attached hydrogen (secondary N) is 1. The third-order valence-electron chi connectivity index (χ3n) is 3.50. The van der Waals surface area contributed by atoms with Crippen molar-refractivity contribution < 1.29 is 14.3 Å². The maximum Gasteiger partial charge on any atom is 0.246 e. The van der Waals surface area contributed by atoms with Crippen molar-refractivity contribution in [1.82, 2.24) is 14.9 Å². The summed E-state index contributed by atoms with van der Waals surface area (Å²) < 4.78 is 12.9. The van der Waals surface area contributed by atoms with Gasteiger partial charge in [-0.2, -0.15) is 0 Å². The van der Waals surface area contributed by atoms with Gasteiger partial charge in [0.25, 0.3) is 0 Å². The lowest BCUT2D eigenvalue weighted by Gasteiger charge is -2.22. The van der Waals surface area contributed by atoms with E-state index in [0.29, 0.717) is 13.2 Å². The molecule has 2 heterocycles. The zero-order chi connectivity index (χ0) is 15.1. The Morgan fingerprint density at radius 2 is 2.48 bits per heavy atom. The Labute approximate surface area is 129 Å². The number of carbonyl (C=O) groups is 1. The second kappa shape index (κ2) is 8.41. The van der Waals surface area contributed by atoms with Crippen LogP contribution in [-0.4, -0.2) is 47.6 Å². The molecule has 118 valence electrons. The monoisotopic (exact) mass is 313 g/mol. The average Bonchev–Trinajstić information content (AvgIpc) is 2.86. The lowest BCUT2D eigenvalue weighted by atomic mass is 10.1. The van der Waals surface area contributed by atoms with E-state index >= 15 is 0 Å². The number of hydrogen-bond donors (Lipinski definition) is 1. The number of ether oxygens (including phenoxy) is 2. The molecule has 1 aromatic rings. The van der Waals surface area contributed by atoms with Crippen LogP contribution >= 0.6 is 11.8 Å². The minimum absolute atomic E-state index is 0.0765. The molecule has 0 radical (unpaired) electrons. The molecular weight excluding hydrogens is 290 g/mol. The fourth-order valence-corrected chi connectivity index (χ4v) is 2.79. The van der Waals surface area contributed by atoms with E-state index in [2.05, 4.69) is 10.3 Å². The average molecular weight is 313 g/mol. The van der Waals surface area contributed by atoms with Gasteiger partial charge in [-0.1, -0.05) is 11.8 Å². The fraction of sp³-hybridized carbons (Fsp3) is 0.714. The molecule has 1 atom stereocenters. The number of imidazole rings is 1. The van der Waals surface area contributed by atoms with Crippen molar-refractivity contribution in [2.45, 2.75) is 37.1 Å². The van der Waals surface area contributed by atoms with Crippen LogP contribution in [0.2, 0.25) is 0 Å². The molecule has 1 fully saturated rings. The van der Waals surface area contributed by atoms with Crippen molar-refractivity contribution in [3.05, 3.63) is 11.9 Å². The van der Waals surface area contributed by atoms with Crippen molar-refractivity contribution in [3.8, 4) is 0 Å². The van der Waals surface area contributed by atoms with E-state index in [1.165, 1.54) is 6.42 Å². The van der Waals surface area contributed by atoms with Gasteiger partial charge in [0, 0.05) is 13.7 Å². The highest BCUT2D eigenvalue weighted by atomic mass is 32.2. The Hall–Kier alpha value is -1.05. The van der Waals surface area contributed by atoms with Crippen LogP contribution in [0.1, 0.15) is 25.0 Å². The molecule has 1 amide bonds. The summed E-state index contributed by atoms with van der Waals surface area (Å²) in [5.74, 6) is -0.113. The molecule has 0 aromatic carbocycles. The molecule has 0 saturated carbocycles. The van der Waals surface area contributed by atoms with Gasteiger partial charge in [0.15, 0.2) is 5.16 Å². The largest absolute Gasteiger partial charge is 0.376 e. The highest BCUT2D eigenvalue weighted by molar-refractivity contribution is 7.98. The van der Waals surface area contributed by atoms with Crippen molar-refractivity contribution in [3.63, 3.8) is 0 Å². The molecule has 1 aliphatic rings. The predicted molar refractivity (Wildman–Crippen MR) is 81.2 cm³/mol. The Morgan fingerprint density at radius 3 is 3.14 bits per heavy atom. The van der Waals surface area contributed by atoms with Gasteiger partial charge in [0.05, 0.1) is 31.1 Å². The molecule has 7 heteroatoms. The number of nitrogens with zero attached hydrogens (tertiary/aromatic N) is 2. The van der Waals surface area contributed by atoms with E-state index in [0.717, 1.165) is 30.3 Å². The first kappa shape index (κ1) is 16.3. The molecule has 1 saturated heterocycles. The number of rotatable bonds is 7. The topological polar surface area (TPSA) is 65.4 Å². The molecule has 1 N–H and O–H groups in total. The zero-order valence-electron chi connectivity index (χ0n) is 12.6. The van der Waals surface area contributed by atoms with Gasteiger partial charge < -0.3 is 19.4 Å². The third-order valence-corrected chi connectivity index (χ3v) is 4.25. The van der Waals surface area contributed by atoms with E-state index in [9.17, 15) is 4.79 Å². The van der Waals surface area contributed by atoms with Crippen molar-refractivity contribution in [1.29, 1.82) is 0 Å². The minimum Gasteiger partial charge on any atom is -0.376 e. The molecular formula is C14H23N3O3S. The molecule has 0 bridgehead atoms. The first-order chi connectivity index (χ1) is 10.2. The van der Waals surface area contributed by atoms with Crippen molar-refractivity contribution in [2.24, 2.45) is 7.05 Å². The smallest absolute Gasteiger partial charge is 0.246 e. The van der Waals surface area contributed by atoms with Gasteiger partial charge in [0.1, 0.15) is 6.61 Å². The van der Waals surface area contributed by atoms with Crippen molar-refractivity contribution >= 4 is 17.7 Å². The van der Waals surface area contributed by atoms with E-state index in [-0.39, 0.29) is 18.6 Å². The van der Waals surface area contributed by atoms with Crippen molar-refractivity contribution in [2.75, 3.05) is 26.1 Å². The number of amides is 1. The summed E-state index contributed by atoms with van der Waals surface area (Å²) in [5, 5.41) is 3.78. The molecule has 6 nitrogen and oxygen atoms in total. The highest BCUT2D eigenvalue weighted by Gasteiger charge is 2.14. The van der Waals surface area contributed by atoms with Crippen LogP contribution in [0.15, 0.2) is 11.4 Å². The lowest BCUT2D eigenvalue weighted by Crippen LogP contribution is -2.31. The molecule has 0 unspecified atom stereocenters. The Kier molecular flexibility index (Phi) is 6.53. The van der Waals surface area contributed by atoms with Crippen LogP contribution in [0.3, 0.4) is 0 Å². The minimum atomic E-state index is -0.113. The number of carbonyl (C=O) groups excluding carboxylic acids is 1. The zero-order valence-corrected chi connectivity index (χ0v) is 13.4. The summed E-state index contributed by atoms with van der Waals surface area (Å²) in [5.41, 5.74) is 0.975. The molecule has 1 aliphatic heterocycles. The maximum absolute atomic E-state index is 11.7. The number of hydrogen-bond acceptors (Lipinski definition) is 5. The lowest BCUT2D eigenvalue weighted by molar-refractivity contribution is -0.128. The van der Waals surface area contributed by atoms with E-state index in [4.69, 9.17) is 9.47 Å². The summed E-state index contributed by atoms with van der Waals surface area (Å²) >= 11 is 1.58. The fourth-order valence-electron chi connectivity index (χ4n) is 2.24. The summed E-state index contributed by atoms with van der Waals surface area (Å²) in [6, 6.07) is 0. The normalized spacial score (nSPS) is 18.7. The van der Waals surface area contributed by atoms with Gasteiger partial charge in [-0.3, -0.25) is 4.79 Å². The van der Waals surface area contributed by atoms with E-state index in [1.807, 2.05) is 17.9 Å². The molecule has 1 aromatic heterocycles. The molecule has 21 heavy (non-hydrogen) atoms. The van der Waals surface area contributed by atoms with Crippen LogP contribution in [0.4, 0.5) is 0 Å². The summed E-state index contributed by atoms with van der Waals surface area (Å²) in [7, 11) is 1.94. The number of aromatic nitrogens is 2. The van der Waals surface area contributed by atoms with E-state index in [1.54, 1.807) is 18.0 Å². The van der Waals surface area contributed by atoms with Crippen LogP contribution in [0, 0.1) is 0 Å². The van der Waals surface area contributed by atoms with Gasteiger partial charge in [-0.05, 0) is 25.5 Å². The van der Waals surface area contributed by atoms with Crippen LogP contribution in [-0.2, 0) is 27.9 Å².